The summed E-state index contributed by atoms with van der Waals surface area (Å²) in [6.45, 7) is 7.21. The van der Waals surface area contributed by atoms with Gasteiger partial charge in [0.15, 0.2) is 0 Å². The van der Waals surface area contributed by atoms with E-state index in [1.54, 1.807) is 0 Å². The van der Waals surface area contributed by atoms with Gasteiger partial charge >= 0.3 is 0 Å². The zero-order chi connectivity index (χ0) is 16.7. The maximum absolute atomic E-state index is 11.8. The van der Waals surface area contributed by atoms with E-state index >= 15 is 0 Å². The van der Waals surface area contributed by atoms with Gasteiger partial charge in [-0.1, -0.05) is 20.8 Å². The molecule has 0 bridgehead atoms. The van der Waals surface area contributed by atoms with Crippen LogP contribution < -0.4 is 11.1 Å². The van der Waals surface area contributed by atoms with Crippen molar-refractivity contribution in [3.05, 3.63) is 0 Å². The third-order valence-corrected chi connectivity index (χ3v) is 5.53. The van der Waals surface area contributed by atoms with Crippen LogP contribution in [0, 0.1) is 11.3 Å². The predicted molar refractivity (Wildman–Crippen MR) is 86.3 cm³/mol. The minimum absolute atomic E-state index is 0.0722. The highest BCUT2D eigenvalue weighted by Gasteiger charge is 2.24. The topological polar surface area (TPSA) is 92.5 Å². The lowest BCUT2D eigenvalue weighted by Crippen LogP contribution is -2.34. The van der Waals surface area contributed by atoms with Gasteiger partial charge in [0.2, 0.25) is 15.9 Å². The van der Waals surface area contributed by atoms with E-state index in [9.17, 15) is 13.2 Å². The molecule has 3 N–H and O–H groups in total. The van der Waals surface area contributed by atoms with Crippen LogP contribution in [0.3, 0.4) is 0 Å². The van der Waals surface area contributed by atoms with Crippen LogP contribution in [-0.4, -0.2) is 51.6 Å². The first-order chi connectivity index (χ1) is 9.50. The number of nitrogens with one attached hydrogen (secondary N) is 1. The largest absolute Gasteiger partial charge is 0.355 e. The van der Waals surface area contributed by atoms with Gasteiger partial charge in [-0.3, -0.25) is 4.79 Å². The number of amides is 1. The van der Waals surface area contributed by atoms with Crippen LogP contribution in [0.15, 0.2) is 0 Å². The number of nitrogens with zero attached hydrogens (tertiary/aromatic N) is 1. The summed E-state index contributed by atoms with van der Waals surface area (Å²) < 4.78 is 24.3. The van der Waals surface area contributed by atoms with E-state index < -0.39 is 10.0 Å². The molecule has 1 unspecified atom stereocenters. The van der Waals surface area contributed by atoms with E-state index in [0.717, 1.165) is 17.1 Å². The summed E-state index contributed by atoms with van der Waals surface area (Å²) in [5.74, 6) is 0.214. The van der Waals surface area contributed by atoms with Crippen molar-refractivity contribution in [1.82, 2.24) is 9.62 Å². The van der Waals surface area contributed by atoms with Gasteiger partial charge in [0, 0.05) is 27.1 Å². The number of carbonyl (C=O) groups is 1. The summed E-state index contributed by atoms with van der Waals surface area (Å²) in [6, 6.07) is 0. The Morgan fingerprint density at radius 2 is 1.81 bits per heavy atom. The summed E-state index contributed by atoms with van der Waals surface area (Å²) >= 11 is 0. The number of rotatable bonds is 9. The first kappa shape index (κ1) is 20.3. The maximum atomic E-state index is 11.8. The molecule has 0 aliphatic rings. The van der Waals surface area contributed by atoms with E-state index in [1.165, 1.54) is 14.1 Å². The van der Waals surface area contributed by atoms with Crippen molar-refractivity contribution < 1.29 is 13.2 Å². The Balaban J connectivity index is 4.16. The normalized spacial score (nSPS) is 14.2. The maximum Gasteiger partial charge on any atom is 0.220 e. The van der Waals surface area contributed by atoms with Crippen molar-refractivity contribution >= 4 is 15.9 Å². The van der Waals surface area contributed by atoms with E-state index in [4.69, 9.17) is 5.73 Å². The van der Waals surface area contributed by atoms with E-state index in [-0.39, 0.29) is 23.6 Å². The van der Waals surface area contributed by atoms with Crippen molar-refractivity contribution in [2.24, 2.45) is 17.1 Å². The SMILES string of the molecule is CN(C)S(=O)(=O)CCNC(=O)CCC(CCN)C(C)(C)C. The molecule has 1 atom stereocenters. The molecule has 0 saturated heterocycles. The summed E-state index contributed by atoms with van der Waals surface area (Å²) in [5, 5.41) is 2.67. The van der Waals surface area contributed by atoms with E-state index in [1.807, 2.05) is 0 Å². The van der Waals surface area contributed by atoms with Crippen LogP contribution in [0.4, 0.5) is 0 Å². The smallest absolute Gasteiger partial charge is 0.220 e. The van der Waals surface area contributed by atoms with Crippen molar-refractivity contribution in [1.29, 1.82) is 0 Å². The minimum atomic E-state index is -3.25. The van der Waals surface area contributed by atoms with E-state index in [2.05, 4.69) is 26.1 Å². The molecule has 21 heavy (non-hydrogen) atoms. The fourth-order valence-corrected chi connectivity index (χ4v) is 2.83. The van der Waals surface area contributed by atoms with Crippen LogP contribution in [0.25, 0.3) is 0 Å². The minimum Gasteiger partial charge on any atom is -0.355 e. The highest BCUT2D eigenvalue weighted by Crippen LogP contribution is 2.31. The van der Waals surface area contributed by atoms with Gasteiger partial charge in [-0.2, -0.15) is 0 Å². The molecule has 0 aliphatic heterocycles. The Kier molecular flexibility index (Phi) is 8.43. The summed E-state index contributed by atoms with van der Waals surface area (Å²) in [6.07, 6.45) is 2.07. The molecule has 0 aliphatic carbocycles. The molecule has 0 radical (unpaired) electrons. The summed E-state index contributed by atoms with van der Waals surface area (Å²) in [4.78, 5) is 11.8. The molecule has 0 spiro atoms. The van der Waals surface area contributed by atoms with Crippen LogP contribution in [0.2, 0.25) is 0 Å². The van der Waals surface area contributed by atoms with Crippen LogP contribution in [0.1, 0.15) is 40.0 Å². The zero-order valence-corrected chi connectivity index (χ0v) is 14.8. The van der Waals surface area contributed by atoms with Crippen LogP contribution in [-0.2, 0) is 14.8 Å². The number of nitrogens with two attached hydrogens (primary N) is 1. The molecule has 1 amide bonds. The van der Waals surface area contributed by atoms with Gasteiger partial charge < -0.3 is 11.1 Å². The lowest BCUT2D eigenvalue weighted by atomic mass is 9.76. The number of sulfonamides is 1. The Labute approximate surface area is 129 Å². The molecule has 126 valence electrons. The molecular weight excluding hydrogens is 290 g/mol. The molecule has 0 aromatic carbocycles. The van der Waals surface area contributed by atoms with Crippen molar-refractivity contribution in [3.63, 3.8) is 0 Å². The van der Waals surface area contributed by atoms with Gasteiger partial charge in [-0.15, -0.1) is 0 Å². The van der Waals surface area contributed by atoms with Gasteiger partial charge in [0.05, 0.1) is 5.75 Å². The molecule has 0 saturated carbocycles. The lowest BCUT2D eigenvalue weighted by Gasteiger charge is -2.30. The summed E-state index contributed by atoms with van der Waals surface area (Å²) in [5.41, 5.74) is 5.74. The van der Waals surface area contributed by atoms with Gasteiger partial charge in [-0.05, 0) is 30.7 Å². The first-order valence-electron chi connectivity index (χ1n) is 7.37. The van der Waals surface area contributed by atoms with Gasteiger partial charge in [-0.25, -0.2) is 12.7 Å². The molecule has 0 aromatic rings. The standard InChI is InChI=1S/C14H31N3O3S/c1-14(2,3)12(8-9-15)6-7-13(18)16-10-11-21(19,20)17(4)5/h12H,6-11,15H2,1-5H3,(H,16,18). The number of carbonyl (C=O) groups excluding carboxylic acids is 1. The molecule has 0 heterocycles. The molecule has 7 heteroatoms. The fraction of sp³-hybridized carbons (Fsp3) is 0.929. The number of hydrogen-bond donors (Lipinski definition) is 2. The average Bonchev–Trinajstić information content (AvgIpc) is 2.32. The van der Waals surface area contributed by atoms with Crippen molar-refractivity contribution in [3.8, 4) is 0 Å². The second-order valence-electron chi connectivity index (χ2n) is 6.63. The molecular formula is C14H31N3O3S. The second-order valence-corrected chi connectivity index (χ2v) is 8.93. The Morgan fingerprint density at radius 1 is 1.24 bits per heavy atom. The second kappa shape index (κ2) is 8.70. The monoisotopic (exact) mass is 321 g/mol. The Morgan fingerprint density at radius 3 is 2.24 bits per heavy atom. The van der Waals surface area contributed by atoms with Crippen LogP contribution in [0.5, 0.6) is 0 Å². The quantitative estimate of drug-likeness (QED) is 0.656. The Hall–Kier alpha value is -0.660. The molecule has 0 rings (SSSR count). The third-order valence-electron chi connectivity index (χ3n) is 3.70. The average molecular weight is 321 g/mol. The molecule has 6 nitrogen and oxygen atoms in total. The fourth-order valence-electron chi connectivity index (χ4n) is 2.11. The lowest BCUT2D eigenvalue weighted by molar-refractivity contribution is -0.121. The first-order valence-corrected chi connectivity index (χ1v) is 8.98. The van der Waals surface area contributed by atoms with Crippen molar-refractivity contribution in [2.45, 2.75) is 40.0 Å². The third kappa shape index (κ3) is 8.38. The van der Waals surface area contributed by atoms with E-state index in [0.29, 0.717) is 18.9 Å². The predicted octanol–water partition coefficient (Wildman–Crippen LogP) is 0.785. The molecule has 0 fully saturated rings. The number of hydrogen-bond acceptors (Lipinski definition) is 4. The zero-order valence-electron chi connectivity index (χ0n) is 14.0. The molecule has 0 aromatic heterocycles. The van der Waals surface area contributed by atoms with Crippen LogP contribution >= 0.6 is 0 Å². The summed E-state index contributed by atoms with van der Waals surface area (Å²) in [7, 11) is -0.287. The Bertz CT molecular complexity index is 414. The highest BCUT2D eigenvalue weighted by molar-refractivity contribution is 7.89. The van der Waals surface area contributed by atoms with Gasteiger partial charge in [0.25, 0.3) is 0 Å². The van der Waals surface area contributed by atoms with Gasteiger partial charge in [0.1, 0.15) is 0 Å². The van der Waals surface area contributed by atoms with Crippen molar-refractivity contribution in [2.75, 3.05) is 32.9 Å². The highest BCUT2D eigenvalue weighted by atomic mass is 32.2.